The first kappa shape index (κ1) is 17.4. The van der Waals surface area contributed by atoms with Crippen molar-refractivity contribution in [3.63, 3.8) is 0 Å². The lowest BCUT2D eigenvalue weighted by atomic mass is 9.81. The highest BCUT2D eigenvalue weighted by molar-refractivity contribution is 6.30. The Kier molecular flexibility index (Phi) is 3.89. The SMILES string of the molecule is O=C1c2cc(O)cc(O)c2C(=O)c2c1cc(O)c(/C=C/c1ccccc1)c2O. The molecule has 0 aromatic heterocycles. The molecule has 0 heterocycles. The maximum atomic E-state index is 12.9. The zero-order valence-electron chi connectivity index (χ0n) is 14.4. The maximum absolute atomic E-state index is 12.9. The average Bonchev–Trinajstić information content (AvgIpc) is 2.65. The van der Waals surface area contributed by atoms with Gasteiger partial charge in [0.05, 0.1) is 16.7 Å². The standard InChI is InChI=1S/C22H14O6/c23-12-8-14-18(17(25)9-12)22(28)19-15(20(14)26)10-16(24)13(21(19)27)7-6-11-4-2-1-3-5-11/h1-10,23-25,27H/b7-6+. The third kappa shape index (κ3) is 2.59. The van der Waals surface area contributed by atoms with E-state index in [1.165, 1.54) is 6.08 Å². The lowest BCUT2D eigenvalue weighted by Gasteiger charge is -2.21. The Bertz CT molecular complexity index is 1180. The van der Waals surface area contributed by atoms with Crippen molar-refractivity contribution in [3.8, 4) is 23.0 Å². The van der Waals surface area contributed by atoms with Crippen molar-refractivity contribution in [2.24, 2.45) is 0 Å². The summed E-state index contributed by atoms with van der Waals surface area (Å²) in [6, 6.07) is 12.2. The van der Waals surface area contributed by atoms with Gasteiger partial charge in [-0.3, -0.25) is 9.59 Å². The number of fused-ring (bicyclic) bond motifs is 2. The molecule has 138 valence electrons. The summed E-state index contributed by atoms with van der Waals surface area (Å²) < 4.78 is 0. The van der Waals surface area contributed by atoms with Gasteiger partial charge in [-0.1, -0.05) is 36.4 Å². The number of carbonyl (C=O) groups excluding carboxylic acids is 2. The molecule has 4 rings (SSSR count). The molecule has 6 nitrogen and oxygen atoms in total. The molecule has 3 aromatic rings. The van der Waals surface area contributed by atoms with Crippen molar-refractivity contribution < 1.29 is 30.0 Å². The van der Waals surface area contributed by atoms with E-state index in [1.807, 2.05) is 30.3 Å². The van der Waals surface area contributed by atoms with Crippen LogP contribution in [0.15, 0.2) is 48.5 Å². The molecule has 0 aliphatic heterocycles. The van der Waals surface area contributed by atoms with Crippen LogP contribution < -0.4 is 0 Å². The molecule has 0 saturated heterocycles. The maximum Gasteiger partial charge on any atom is 0.202 e. The molecular weight excluding hydrogens is 360 g/mol. The average molecular weight is 374 g/mol. The molecule has 0 unspecified atom stereocenters. The van der Waals surface area contributed by atoms with Gasteiger partial charge in [-0.2, -0.15) is 0 Å². The van der Waals surface area contributed by atoms with E-state index < -0.39 is 23.1 Å². The van der Waals surface area contributed by atoms with E-state index in [9.17, 15) is 30.0 Å². The van der Waals surface area contributed by atoms with Crippen LogP contribution in [-0.2, 0) is 0 Å². The molecule has 0 bridgehead atoms. The molecule has 0 saturated carbocycles. The Morgan fingerprint density at radius 2 is 1.36 bits per heavy atom. The minimum atomic E-state index is -0.769. The van der Waals surface area contributed by atoms with Gasteiger partial charge in [0.1, 0.15) is 23.0 Å². The molecule has 0 fully saturated rings. The van der Waals surface area contributed by atoms with E-state index in [4.69, 9.17) is 0 Å². The highest BCUT2D eigenvalue weighted by Gasteiger charge is 2.36. The quantitative estimate of drug-likeness (QED) is 0.400. The smallest absolute Gasteiger partial charge is 0.202 e. The summed E-state index contributed by atoms with van der Waals surface area (Å²) in [5.41, 5.74) is -0.209. The number of aromatic hydroxyl groups is 4. The monoisotopic (exact) mass is 374 g/mol. The molecule has 3 aromatic carbocycles. The summed E-state index contributed by atoms with van der Waals surface area (Å²) in [4.78, 5) is 25.6. The molecule has 4 N–H and O–H groups in total. The predicted octanol–water partition coefficient (Wildman–Crippen LogP) is 3.45. The second-order valence-corrected chi connectivity index (χ2v) is 6.37. The van der Waals surface area contributed by atoms with Crippen LogP contribution in [0.25, 0.3) is 12.2 Å². The van der Waals surface area contributed by atoms with Gasteiger partial charge in [-0.25, -0.2) is 0 Å². The van der Waals surface area contributed by atoms with Crippen molar-refractivity contribution >= 4 is 23.7 Å². The molecule has 0 radical (unpaired) electrons. The van der Waals surface area contributed by atoms with Gasteiger partial charge >= 0.3 is 0 Å². The fraction of sp³-hybridized carbons (Fsp3) is 0. The van der Waals surface area contributed by atoms with E-state index in [2.05, 4.69) is 0 Å². The van der Waals surface area contributed by atoms with E-state index in [0.717, 1.165) is 23.8 Å². The van der Waals surface area contributed by atoms with Crippen molar-refractivity contribution in [1.82, 2.24) is 0 Å². The fourth-order valence-corrected chi connectivity index (χ4v) is 3.29. The van der Waals surface area contributed by atoms with E-state index in [1.54, 1.807) is 6.08 Å². The van der Waals surface area contributed by atoms with Crippen molar-refractivity contribution in [3.05, 3.63) is 81.9 Å². The number of ketones is 2. The molecule has 1 aliphatic rings. The molecular formula is C22H14O6. The number of hydrogen-bond donors (Lipinski definition) is 4. The second kappa shape index (κ2) is 6.28. The van der Waals surface area contributed by atoms with Gasteiger partial charge < -0.3 is 20.4 Å². The number of carbonyl (C=O) groups is 2. The Labute approximate surface area is 159 Å². The first-order valence-electron chi connectivity index (χ1n) is 8.36. The van der Waals surface area contributed by atoms with Crippen LogP contribution in [-0.4, -0.2) is 32.0 Å². The van der Waals surface area contributed by atoms with E-state index in [0.29, 0.717) is 0 Å². The molecule has 28 heavy (non-hydrogen) atoms. The Balaban J connectivity index is 1.90. The zero-order chi connectivity index (χ0) is 20.0. The normalized spacial score (nSPS) is 12.9. The third-order valence-electron chi connectivity index (χ3n) is 4.61. The predicted molar refractivity (Wildman–Crippen MR) is 102 cm³/mol. The van der Waals surface area contributed by atoms with Crippen LogP contribution in [0.1, 0.15) is 43.0 Å². The van der Waals surface area contributed by atoms with E-state index in [-0.39, 0.29) is 39.3 Å². The molecule has 0 atom stereocenters. The summed E-state index contributed by atoms with van der Waals surface area (Å²) >= 11 is 0. The Morgan fingerprint density at radius 1 is 0.679 bits per heavy atom. The minimum absolute atomic E-state index is 0.0227. The largest absolute Gasteiger partial charge is 0.508 e. The molecule has 0 amide bonds. The Hall–Kier alpha value is -4.06. The van der Waals surface area contributed by atoms with Crippen molar-refractivity contribution in [2.75, 3.05) is 0 Å². The summed E-state index contributed by atoms with van der Waals surface area (Å²) in [6.45, 7) is 0. The highest BCUT2D eigenvalue weighted by atomic mass is 16.3. The minimum Gasteiger partial charge on any atom is -0.508 e. The van der Waals surface area contributed by atoms with Crippen LogP contribution >= 0.6 is 0 Å². The summed E-state index contributed by atoms with van der Waals surface area (Å²) in [6.07, 6.45) is 3.07. The van der Waals surface area contributed by atoms with Crippen LogP contribution in [0.3, 0.4) is 0 Å². The summed E-state index contributed by atoms with van der Waals surface area (Å²) in [5, 5.41) is 40.6. The van der Waals surface area contributed by atoms with Gasteiger partial charge in [0.15, 0.2) is 5.78 Å². The van der Waals surface area contributed by atoms with Crippen molar-refractivity contribution in [2.45, 2.75) is 0 Å². The number of benzene rings is 3. The summed E-state index contributed by atoms with van der Waals surface area (Å²) in [5.74, 6) is -3.34. The van der Waals surface area contributed by atoms with Crippen LogP contribution in [0, 0.1) is 0 Å². The van der Waals surface area contributed by atoms with Gasteiger partial charge in [0.2, 0.25) is 5.78 Å². The summed E-state index contributed by atoms with van der Waals surface area (Å²) in [7, 11) is 0. The lowest BCUT2D eigenvalue weighted by molar-refractivity contribution is 0.0973. The van der Waals surface area contributed by atoms with Gasteiger partial charge in [-0.05, 0) is 23.8 Å². The second-order valence-electron chi connectivity index (χ2n) is 6.37. The van der Waals surface area contributed by atoms with Crippen LogP contribution in [0.5, 0.6) is 23.0 Å². The van der Waals surface area contributed by atoms with Gasteiger partial charge in [-0.15, -0.1) is 0 Å². The van der Waals surface area contributed by atoms with Crippen LogP contribution in [0.2, 0.25) is 0 Å². The van der Waals surface area contributed by atoms with Crippen LogP contribution in [0.4, 0.5) is 0 Å². The number of hydrogen-bond acceptors (Lipinski definition) is 6. The number of rotatable bonds is 2. The lowest BCUT2D eigenvalue weighted by Crippen LogP contribution is -2.21. The topological polar surface area (TPSA) is 115 Å². The number of phenols is 4. The molecule has 0 spiro atoms. The number of phenolic OH excluding ortho intramolecular Hbond substituents is 4. The zero-order valence-corrected chi connectivity index (χ0v) is 14.4. The van der Waals surface area contributed by atoms with E-state index >= 15 is 0 Å². The highest BCUT2D eigenvalue weighted by Crippen LogP contribution is 2.43. The van der Waals surface area contributed by atoms with Gasteiger partial charge in [0.25, 0.3) is 0 Å². The first-order valence-corrected chi connectivity index (χ1v) is 8.36. The van der Waals surface area contributed by atoms with Gasteiger partial charge in [0, 0.05) is 17.2 Å². The Morgan fingerprint density at radius 3 is 2.07 bits per heavy atom. The van der Waals surface area contributed by atoms with Crippen molar-refractivity contribution in [1.29, 1.82) is 0 Å². The molecule has 6 heteroatoms. The first-order chi connectivity index (χ1) is 13.4. The fourth-order valence-electron chi connectivity index (χ4n) is 3.29. The molecule has 1 aliphatic carbocycles. The third-order valence-corrected chi connectivity index (χ3v) is 4.61.